The minimum absolute atomic E-state index is 0. The molecule has 1 aromatic heterocycles. The molecule has 0 aliphatic carbocycles. The normalized spacial score (nSPS) is 9.73. The zero-order valence-electron chi connectivity index (χ0n) is 7.93. The van der Waals surface area contributed by atoms with Gasteiger partial charge in [0.15, 0.2) is 0 Å². The van der Waals surface area contributed by atoms with E-state index in [2.05, 4.69) is 21.0 Å². The Kier molecular flexibility index (Phi) is 4.32. The molecule has 5 heteroatoms. The van der Waals surface area contributed by atoms with E-state index in [0.717, 1.165) is 15.9 Å². The largest absolute Gasteiger partial charge is 0.325 e. The van der Waals surface area contributed by atoms with E-state index in [4.69, 9.17) is 5.73 Å². The maximum atomic E-state index is 5.49. The smallest absolute Gasteiger partial charge is 0.0764 e. The van der Waals surface area contributed by atoms with Crippen molar-refractivity contribution in [2.75, 3.05) is 0 Å². The molecule has 0 saturated carbocycles. The summed E-state index contributed by atoms with van der Waals surface area (Å²) >= 11 is 3.42. The van der Waals surface area contributed by atoms with Crippen LogP contribution in [-0.2, 0) is 6.54 Å². The van der Waals surface area contributed by atoms with Crippen LogP contribution < -0.4 is 5.73 Å². The maximum Gasteiger partial charge on any atom is 0.0764 e. The summed E-state index contributed by atoms with van der Waals surface area (Å²) in [4.78, 5) is 0. The van der Waals surface area contributed by atoms with Crippen LogP contribution in [0.5, 0.6) is 0 Å². The van der Waals surface area contributed by atoms with Crippen LogP contribution in [0.25, 0.3) is 5.69 Å². The van der Waals surface area contributed by atoms with Crippen molar-refractivity contribution < 1.29 is 0 Å². The summed E-state index contributed by atoms with van der Waals surface area (Å²) in [6.07, 6.45) is 1.91. The SMILES string of the molecule is Cl.NCc1ccn(-c2cccc(Br)c2)n1. The first-order valence-corrected chi connectivity index (χ1v) is 5.09. The lowest BCUT2D eigenvalue weighted by atomic mass is 10.3. The molecule has 0 fully saturated rings. The van der Waals surface area contributed by atoms with Gasteiger partial charge >= 0.3 is 0 Å². The molecular weight excluding hydrogens is 277 g/mol. The van der Waals surface area contributed by atoms with Crippen LogP contribution in [0.15, 0.2) is 41.0 Å². The topological polar surface area (TPSA) is 43.8 Å². The molecule has 0 spiro atoms. The van der Waals surface area contributed by atoms with E-state index in [0.29, 0.717) is 6.54 Å². The van der Waals surface area contributed by atoms with Crippen molar-refractivity contribution in [1.82, 2.24) is 9.78 Å². The molecule has 80 valence electrons. The molecule has 2 aromatic rings. The summed E-state index contributed by atoms with van der Waals surface area (Å²) in [5.41, 5.74) is 7.41. The van der Waals surface area contributed by atoms with Crippen LogP contribution in [0.4, 0.5) is 0 Å². The predicted molar refractivity (Wildman–Crippen MR) is 66.4 cm³/mol. The summed E-state index contributed by atoms with van der Waals surface area (Å²) in [6.45, 7) is 0.473. The molecule has 0 amide bonds. The molecular formula is C10H11BrClN3. The molecule has 0 aliphatic heterocycles. The lowest BCUT2D eigenvalue weighted by molar-refractivity contribution is 0.833. The van der Waals surface area contributed by atoms with Gasteiger partial charge in [0.25, 0.3) is 0 Å². The number of hydrogen-bond acceptors (Lipinski definition) is 2. The third-order valence-electron chi connectivity index (χ3n) is 1.93. The highest BCUT2D eigenvalue weighted by Gasteiger charge is 1.99. The minimum Gasteiger partial charge on any atom is -0.325 e. The van der Waals surface area contributed by atoms with Crippen LogP contribution in [0.2, 0.25) is 0 Å². The Morgan fingerprint density at radius 2 is 2.13 bits per heavy atom. The summed E-state index contributed by atoms with van der Waals surface area (Å²) in [5.74, 6) is 0. The molecule has 2 rings (SSSR count). The van der Waals surface area contributed by atoms with Crippen molar-refractivity contribution in [1.29, 1.82) is 0 Å². The van der Waals surface area contributed by atoms with Gasteiger partial charge in [0.1, 0.15) is 0 Å². The standard InChI is InChI=1S/C10H10BrN3.ClH/c11-8-2-1-3-10(6-8)14-5-4-9(7-12)13-14;/h1-6H,7,12H2;1H. The van der Waals surface area contributed by atoms with E-state index >= 15 is 0 Å². The van der Waals surface area contributed by atoms with Gasteiger partial charge in [-0.2, -0.15) is 5.10 Å². The van der Waals surface area contributed by atoms with Crippen molar-refractivity contribution in [3.8, 4) is 5.69 Å². The zero-order chi connectivity index (χ0) is 9.97. The van der Waals surface area contributed by atoms with Gasteiger partial charge in [-0.25, -0.2) is 4.68 Å². The molecule has 0 atom stereocenters. The predicted octanol–water partition coefficient (Wildman–Crippen LogP) is 2.52. The van der Waals surface area contributed by atoms with Crippen LogP contribution in [-0.4, -0.2) is 9.78 Å². The number of nitrogens with zero attached hydrogens (tertiary/aromatic N) is 2. The highest BCUT2D eigenvalue weighted by atomic mass is 79.9. The van der Waals surface area contributed by atoms with Gasteiger partial charge in [0, 0.05) is 17.2 Å². The molecule has 2 N–H and O–H groups in total. The van der Waals surface area contributed by atoms with Crippen molar-refractivity contribution in [3.63, 3.8) is 0 Å². The number of halogens is 2. The highest BCUT2D eigenvalue weighted by Crippen LogP contribution is 2.14. The summed E-state index contributed by atoms with van der Waals surface area (Å²) in [5, 5.41) is 4.31. The van der Waals surface area contributed by atoms with E-state index in [1.807, 2.05) is 41.2 Å². The highest BCUT2D eigenvalue weighted by molar-refractivity contribution is 9.10. The quantitative estimate of drug-likeness (QED) is 0.923. The van der Waals surface area contributed by atoms with E-state index < -0.39 is 0 Å². The minimum atomic E-state index is 0. The Morgan fingerprint density at radius 1 is 1.33 bits per heavy atom. The van der Waals surface area contributed by atoms with Crippen molar-refractivity contribution >= 4 is 28.3 Å². The number of rotatable bonds is 2. The fourth-order valence-electron chi connectivity index (χ4n) is 1.23. The van der Waals surface area contributed by atoms with Crippen molar-refractivity contribution in [2.24, 2.45) is 5.73 Å². The first-order valence-electron chi connectivity index (χ1n) is 4.30. The number of aromatic nitrogens is 2. The van der Waals surface area contributed by atoms with E-state index in [1.165, 1.54) is 0 Å². The molecule has 1 aromatic carbocycles. The summed E-state index contributed by atoms with van der Waals surface area (Å²) in [7, 11) is 0. The Hall–Kier alpha value is -0.840. The average molecular weight is 289 g/mol. The van der Waals surface area contributed by atoms with Crippen LogP contribution in [0, 0.1) is 0 Å². The lowest BCUT2D eigenvalue weighted by Crippen LogP contribution is -2.00. The van der Waals surface area contributed by atoms with E-state index in [9.17, 15) is 0 Å². The van der Waals surface area contributed by atoms with Crippen LogP contribution in [0.3, 0.4) is 0 Å². The third kappa shape index (κ3) is 2.81. The summed E-state index contributed by atoms with van der Waals surface area (Å²) < 4.78 is 2.85. The van der Waals surface area contributed by atoms with Gasteiger partial charge in [0.05, 0.1) is 11.4 Å². The van der Waals surface area contributed by atoms with Gasteiger partial charge in [-0.3, -0.25) is 0 Å². The average Bonchev–Trinajstić information content (AvgIpc) is 2.66. The van der Waals surface area contributed by atoms with Gasteiger partial charge in [-0.1, -0.05) is 22.0 Å². The maximum absolute atomic E-state index is 5.49. The van der Waals surface area contributed by atoms with Gasteiger partial charge in [-0.15, -0.1) is 12.4 Å². The van der Waals surface area contributed by atoms with Gasteiger partial charge in [0.2, 0.25) is 0 Å². The Morgan fingerprint density at radius 3 is 2.73 bits per heavy atom. The molecule has 0 saturated heterocycles. The second-order valence-corrected chi connectivity index (χ2v) is 3.85. The molecule has 15 heavy (non-hydrogen) atoms. The van der Waals surface area contributed by atoms with Crippen LogP contribution in [0.1, 0.15) is 5.69 Å². The van der Waals surface area contributed by atoms with E-state index in [-0.39, 0.29) is 12.4 Å². The third-order valence-corrected chi connectivity index (χ3v) is 2.42. The Bertz CT molecular complexity index is 442. The molecule has 0 unspecified atom stereocenters. The number of hydrogen-bond donors (Lipinski definition) is 1. The fourth-order valence-corrected chi connectivity index (χ4v) is 1.62. The van der Waals surface area contributed by atoms with Crippen molar-refractivity contribution in [3.05, 3.63) is 46.7 Å². The first-order chi connectivity index (χ1) is 6.79. The first kappa shape index (κ1) is 12.2. The molecule has 3 nitrogen and oxygen atoms in total. The monoisotopic (exact) mass is 287 g/mol. The number of benzene rings is 1. The molecule has 0 radical (unpaired) electrons. The Labute approximate surface area is 103 Å². The van der Waals surface area contributed by atoms with Crippen molar-refractivity contribution in [2.45, 2.75) is 6.54 Å². The fraction of sp³-hybridized carbons (Fsp3) is 0.100. The van der Waals surface area contributed by atoms with Gasteiger partial charge < -0.3 is 5.73 Å². The number of nitrogens with two attached hydrogens (primary N) is 1. The van der Waals surface area contributed by atoms with E-state index in [1.54, 1.807) is 0 Å². The Balaban J connectivity index is 0.00000112. The second-order valence-electron chi connectivity index (χ2n) is 2.94. The van der Waals surface area contributed by atoms with Gasteiger partial charge in [-0.05, 0) is 24.3 Å². The lowest BCUT2D eigenvalue weighted by Gasteiger charge is -2.00. The summed E-state index contributed by atoms with van der Waals surface area (Å²) in [6, 6.07) is 9.88. The molecule has 0 aliphatic rings. The molecule has 0 bridgehead atoms. The second kappa shape index (κ2) is 5.30. The van der Waals surface area contributed by atoms with Crippen LogP contribution >= 0.6 is 28.3 Å². The zero-order valence-corrected chi connectivity index (χ0v) is 10.3. The molecule has 1 heterocycles.